The van der Waals surface area contributed by atoms with Gasteiger partial charge in [0, 0.05) is 38.4 Å². The van der Waals surface area contributed by atoms with E-state index in [1.54, 1.807) is 29.3 Å². The molecule has 1 aliphatic heterocycles. The summed E-state index contributed by atoms with van der Waals surface area (Å²) in [4.78, 5) is 28.4. The summed E-state index contributed by atoms with van der Waals surface area (Å²) in [5, 5.41) is 4.05. The summed E-state index contributed by atoms with van der Waals surface area (Å²) >= 11 is -2.12. The molecule has 1 aromatic carbocycles. The van der Waals surface area contributed by atoms with Gasteiger partial charge in [0.25, 0.3) is 0 Å². The monoisotopic (exact) mass is 490 g/mol. The molecule has 1 fully saturated rings. The van der Waals surface area contributed by atoms with E-state index in [9.17, 15) is 9.00 Å². The highest BCUT2D eigenvalue weighted by atomic mass is 32.2. The number of carbonyl (C=O) groups is 1. The summed E-state index contributed by atoms with van der Waals surface area (Å²) in [6.45, 7) is 7.84. The van der Waals surface area contributed by atoms with Crippen molar-refractivity contribution < 1.29 is 18.4 Å². The number of nitrogens with two attached hydrogens (primary N) is 1. The largest absolute Gasteiger partial charge is 0.367 e. The number of benzene rings is 1. The molecule has 4 N–H and O–H groups in total. The fraction of sp³-hybridized carbons (Fsp3) is 0.522. The van der Waals surface area contributed by atoms with Gasteiger partial charge in [-0.2, -0.15) is 0 Å². The van der Waals surface area contributed by atoms with Crippen LogP contribution in [0.1, 0.15) is 44.6 Å². The van der Waals surface area contributed by atoms with Crippen molar-refractivity contribution in [2.45, 2.75) is 39.0 Å². The van der Waals surface area contributed by atoms with Crippen LogP contribution in [-0.2, 0) is 20.7 Å². The third kappa shape index (κ3) is 7.20. The molecule has 1 aromatic heterocycles. The van der Waals surface area contributed by atoms with Crippen molar-refractivity contribution in [2.75, 3.05) is 36.9 Å². The Bertz CT molecular complexity index is 990. The molecule has 2 heterocycles. The molecule has 186 valence electrons. The second-order valence-electron chi connectivity index (χ2n) is 9.59. The lowest BCUT2D eigenvalue weighted by Gasteiger charge is -2.34. The van der Waals surface area contributed by atoms with Crippen molar-refractivity contribution in [3.8, 4) is 0 Å². The van der Waals surface area contributed by atoms with E-state index in [1.807, 2.05) is 33.9 Å². The van der Waals surface area contributed by atoms with Gasteiger partial charge in [-0.05, 0) is 57.2 Å². The number of hydrogen-bond donors (Lipinski definition) is 3. The zero-order valence-electron chi connectivity index (χ0n) is 20.1. The van der Waals surface area contributed by atoms with Crippen LogP contribution in [0.2, 0.25) is 0 Å². The Morgan fingerprint density at radius 3 is 2.53 bits per heavy atom. The van der Waals surface area contributed by atoms with E-state index in [0.717, 1.165) is 44.0 Å². The fourth-order valence-electron chi connectivity index (χ4n) is 3.56. The van der Waals surface area contributed by atoms with E-state index < -0.39 is 21.9 Å². The molecule has 0 spiro atoms. The van der Waals surface area contributed by atoms with E-state index in [1.165, 1.54) is 6.33 Å². The summed E-state index contributed by atoms with van der Waals surface area (Å²) < 4.78 is 20.3. The lowest BCUT2D eigenvalue weighted by molar-refractivity contribution is -0.205. The first kappa shape index (κ1) is 26.0. The van der Waals surface area contributed by atoms with E-state index in [2.05, 4.69) is 20.2 Å². The number of rotatable bonds is 8. The average molecular weight is 491 g/mol. The molecule has 0 radical (unpaired) electrons. The second kappa shape index (κ2) is 11.2. The number of anilines is 3. The molecule has 0 amide bonds. The highest BCUT2D eigenvalue weighted by Crippen LogP contribution is 2.24. The maximum absolute atomic E-state index is 12.1. The minimum absolute atomic E-state index is 0.204. The molecule has 0 aliphatic carbocycles. The number of carbonyl (C=O) groups excluding carboxylic acids is 1. The zero-order valence-corrected chi connectivity index (χ0v) is 20.9. The van der Waals surface area contributed by atoms with Crippen LogP contribution in [0.3, 0.4) is 0 Å². The molecule has 0 bridgehead atoms. The Morgan fingerprint density at radius 1 is 1.29 bits per heavy atom. The lowest BCUT2D eigenvalue weighted by Crippen LogP contribution is -2.41. The van der Waals surface area contributed by atoms with Crippen LogP contribution in [0, 0.1) is 11.3 Å². The van der Waals surface area contributed by atoms with Crippen LogP contribution in [0.25, 0.3) is 0 Å². The highest BCUT2D eigenvalue weighted by Gasteiger charge is 2.28. The van der Waals surface area contributed by atoms with E-state index in [-0.39, 0.29) is 5.97 Å². The molecule has 10 nitrogen and oxygen atoms in total. The number of nitrogens with one attached hydrogen (secondary N) is 1. The third-order valence-electron chi connectivity index (χ3n) is 5.70. The summed E-state index contributed by atoms with van der Waals surface area (Å²) in [6, 6.07) is 8.87. The molecule has 2 unspecified atom stereocenters. The van der Waals surface area contributed by atoms with Gasteiger partial charge in [-0.15, -0.1) is 5.06 Å². The Labute approximate surface area is 203 Å². The SMILES string of the molecule is CN(CC1CCN(OC(=O)C(C)(C)C)CC1)c1cc(Nc2ccc(C(N)S(=O)O)cc2)ncn1. The first-order chi connectivity index (χ1) is 16.0. The summed E-state index contributed by atoms with van der Waals surface area (Å²) in [7, 11) is 2.00. The van der Waals surface area contributed by atoms with E-state index in [4.69, 9.17) is 15.1 Å². The molecule has 0 saturated carbocycles. The van der Waals surface area contributed by atoms with Gasteiger partial charge in [-0.25, -0.2) is 19.0 Å². The van der Waals surface area contributed by atoms with Gasteiger partial charge in [-0.1, -0.05) is 12.1 Å². The Hall–Kier alpha value is -2.60. The minimum Gasteiger partial charge on any atom is -0.367 e. The van der Waals surface area contributed by atoms with Crippen molar-refractivity contribution in [3.63, 3.8) is 0 Å². The minimum atomic E-state index is -2.12. The normalized spacial score (nSPS) is 17.1. The van der Waals surface area contributed by atoms with Gasteiger partial charge in [-0.3, -0.25) is 0 Å². The molecular formula is C23H34N6O4S. The van der Waals surface area contributed by atoms with Crippen molar-refractivity contribution >= 4 is 34.4 Å². The van der Waals surface area contributed by atoms with Crippen molar-refractivity contribution in [1.29, 1.82) is 0 Å². The van der Waals surface area contributed by atoms with Crippen LogP contribution < -0.4 is 16.0 Å². The Balaban J connectivity index is 1.53. The number of piperidine rings is 1. The number of hydrogen-bond acceptors (Lipinski definition) is 9. The molecule has 3 rings (SSSR count). The van der Waals surface area contributed by atoms with Gasteiger partial charge in [0.05, 0.1) is 5.41 Å². The predicted molar refractivity (Wildman–Crippen MR) is 133 cm³/mol. The van der Waals surface area contributed by atoms with Crippen molar-refractivity contribution in [2.24, 2.45) is 17.1 Å². The van der Waals surface area contributed by atoms with Gasteiger partial charge in [0.1, 0.15) is 23.3 Å². The smallest absolute Gasteiger partial charge is 0.330 e. The molecule has 2 aromatic rings. The molecule has 1 saturated heterocycles. The van der Waals surface area contributed by atoms with Gasteiger partial charge in [0.2, 0.25) is 0 Å². The zero-order chi connectivity index (χ0) is 24.9. The van der Waals surface area contributed by atoms with Gasteiger partial charge in [0.15, 0.2) is 11.1 Å². The van der Waals surface area contributed by atoms with Crippen LogP contribution >= 0.6 is 0 Å². The highest BCUT2D eigenvalue weighted by molar-refractivity contribution is 7.79. The Morgan fingerprint density at radius 2 is 1.94 bits per heavy atom. The molecule has 34 heavy (non-hydrogen) atoms. The molecule has 1 aliphatic rings. The summed E-state index contributed by atoms with van der Waals surface area (Å²) in [5.41, 5.74) is 6.54. The maximum atomic E-state index is 12.1. The lowest BCUT2D eigenvalue weighted by atomic mass is 9.97. The topological polar surface area (TPSA) is 134 Å². The predicted octanol–water partition coefficient (Wildman–Crippen LogP) is 3.05. The van der Waals surface area contributed by atoms with Gasteiger partial charge >= 0.3 is 5.97 Å². The number of hydroxylamine groups is 2. The van der Waals surface area contributed by atoms with Crippen LogP contribution in [-0.4, -0.2) is 56.4 Å². The average Bonchev–Trinajstić information content (AvgIpc) is 2.80. The first-order valence-corrected chi connectivity index (χ1v) is 12.4. The van der Waals surface area contributed by atoms with Crippen molar-refractivity contribution in [1.82, 2.24) is 15.0 Å². The quantitative estimate of drug-likeness (QED) is 0.474. The standard InChI is InChI=1S/C23H34N6O4S/c1-23(2,3)22(30)33-29-11-9-16(10-12-29)14-28(4)20-13-19(25-15-26-20)27-18-7-5-17(6-8-18)21(24)34(31)32/h5-8,13,15-16,21H,9-12,14,24H2,1-4H3,(H,31,32)(H,25,26,27). The van der Waals surface area contributed by atoms with E-state index in [0.29, 0.717) is 17.3 Å². The summed E-state index contributed by atoms with van der Waals surface area (Å²) in [5.74, 6) is 1.71. The molecule has 11 heteroatoms. The molecule has 2 atom stereocenters. The number of aromatic nitrogens is 2. The summed E-state index contributed by atoms with van der Waals surface area (Å²) in [6.07, 6.45) is 3.39. The van der Waals surface area contributed by atoms with Gasteiger partial charge < -0.3 is 25.3 Å². The fourth-order valence-corrected chi connectivity index (χ4v) is 3.95. The van der Waals surface area contributed by atoms with Crippen LogP contribution in [0.4, 0.5) is 17.3 Å². The number of nitrogens with zero attached hydrogens (tertiary/aromatic N) is 4. The second-order valence-corrected chi connectivity index (χ2v) is 10.6. The Kier molecular flexibility index (Phi) is 8.58. The molecular weight excluding hydrogens is 456 g/mol. The van der Waals surface area contributed by atoms with Crippen LogP contribution in [0.15, 0.2) is 36.7 Å². The first-order valence-electron chi connectivity index (χ1n) is 11.3. The van der Waals surface area contributed by atoms with Crippen LogP contribution in [0.5, 0.6) is 0 Å². The maximum Gasteiger partial charge on any atom is 0.330 e. The third-order valence-corrected chi connectivity index (χ3v) is 6.41. The van der Waals surface area contributed by atoms with Crippen molar-refractivity contribution in [3.05, 3.63) is 42.2 Å². The van der Waals surface area contributed by atoms with E-state index >= 15 is 0 Å².